The van der Waals surface area contributed by atoms with Gasteiger partial charge in [-0.15, -0.1) is 0 Å². The number of H-pyrrole nitrogens is 1. The Morgan fingerprint density at radius 3 is 2.36 bits per heavy atom. The molecule has 22 heavy (non-hydrogen) atoms. The third-order valence-electron chi connectivity index (χ3n) is 3.16. The van der Waals surface area contributed by atoms with Crippen LogP contribution in [0.1, 0.15) is 17.7 Å². The fourth-order valence-corrected chi connectivity index (χ4v) is 2.27. The smallest absolute Gasteiger partial charge is 0.393 e. The summed E-state index contributed by atoms with van der Waals surface area (Å²) in [6, 6.07) is 5.83. The number of carbonyl (C=O) groups is 1. The van der Waals surface area contributed by atoms with Crippen molar-refractivity contribution in [2.24, 2.45) is 0 Å². The molecule has 0 amide bonds. The first-order valence-corrected chi connectivity index (χ1v) is 6.27. The number of alkyl halides is 3. The highest BCUT2D eigenvalue weighted by Gasteiger charge is 2.46. The average molecular weight is 316 g/mol. The number of ether oxygens (including phenoxy) is 1. The van der Waals surface area contributed by atoms with Crippen LogP contribution in [0, 0.1) is 5.82 Å². The summed E-state index contributed by atoms with van der Waals surface area (Å²) in [5.74, 6) is -0.601. The predicted octanol–water partition coefficient (Wildman–Crippen LogP) is 3.11. The Labute approximate surface area is 123 Å². The van der Waals surface area contributed by atoms with Crippen molar-refractivity contribution in [2.45, 2.75) is 24.6 Å². The van der Waals surface area contributed by atoms with Crippen LogP contribution in [0.25, 0.3) is 0 Å². The lowest BCUT2D eigenvalue weighted by molar-refractivity contribution is -0.191. The van der Waals surface area contributed by atoms with Gasteiger partial charge in [-0.2, -0.15) is 18.3 Å². The van der Waals surface area contributed by atoms with E-state index in [1.165, 1.54) is 12.3 Å². The van der Waals surface area contributed by atoms with Crippen LogP contribution < -0.4 is 0 Å². The summed E-state index contributed by atoms with van der Waals surface area (Å²) in [6.07, 6.45) is -4.84. The van der Waals surface area contributed by atoms with E-state index in [0.717, 1.165) is 24.3 Å². The molecule has 1 N–H and O–H groups in total. The molecular formula is C14H12F4N2O2. The van der Waals surface area contributed by atoms with Gasteiger partial charge >= 0.3 is 6.18 Å². The summed E-state index contributed by atoms with van der Waals surface area (Å²) in [4.78, 5) is 10.8. The largest absolute Gasteiger partial charge is 0.456 e. The van der Waals surface area contributed by atoms with E-state index in [0.29, 0.717) is 0 Å². The van der Waals surface area contributed by atoms with E-state index in [-0.39, 0.29) is 24.2 Å². The second-order valence-electron chi connectivity index (χ2n) is 4.75. The minimum Gasteiger partial charge on any atom is -0.456 e. The Morgan fingerprint density at radius 2 is 1.86 bits per heavy atom. The molecular weight excluding hydrogens is 304 g/mol. The number of aromatic amines is 1. The molecule has 1 unspecified atom stereocenters. The summed E-state index contributed by atoms with van der Waals surface area (Å²) in [5, 5.41) is 6.28. The van der Waals surface area contributed by atoms with Crippen LogP contribution in [0.4, 0.5) is 17.6 Å². The van der Waals surface area contributed by atoms with Crippen molar-refractivity contribution < 1.29 is 27.1 Å². The lowest BCUT2D eigenvalue weighted by atomic mass is 9.85. The molecule has 0 bridgehead atoms. The van der Waals surface area contributed by atoms with Gasteiger partial charge in [-0.25, -0.2) is 4.39 Å². The van der Waals surface area contributed by atoms with Gasteiger partial charge in [-0.05, 0) is 23.8 Å². The molecule has 0 saturated carbocycles. The zero-order valence-electron chi connectivity index (χ0n) is 11.2. The molecule has 4 nitrogen and oxygen atoms in total. The van der Waals surface area contributed by atoms with Gasteiger partial charge in [-0.3, -0.25) is 9.89 Å². The summed E-state index contributed by atoms with van der Waals surface area (Å²) >= 11 is 0. The molecule has 1 aromatic carbocycles. The van der Waals surface area contributed by atoms with Gasteiger partial charge in [0, 0.05) is 12.6 Å². The molecule has 0 aliphatic rings. The summed E-state index contributed by atoms with van der Waals surface area (Å²) in [7, 11) is 0. The van der Waals surface area contributed by atoms with Crippen molar-refractivity contribution in [3.05, 3.63) is 53.6 Å². The van der Waals surface area contributed by atoms with Gasteiger partial charge in [0.1, 0.15) is 5.82 Å². The highest BCUT2D eigenvalue weighted by molar-refractivity contribution is 5.41. The third-order valence-corrected chi connectivity index (χ3v) is 3.16. The maximum atomic E-state index is 13.0. The molecule has 0 fully saturated rings. The number of nitrogens with one attached hydrogen (secondary N) is 1. The maximum Gasteiger partial charge on any atom is 0.393 e. The average Bonchev–Trinajstić information content (AvgIpc) is 2.90. The minimum absolute atomic E-state index is 0.0399. The second-order valence-corrected chi connectivity index (χ2v) is 4.75. The number of benzene rings is 1. The fraction of sp³-hybridized carbons (Fsp3) is 0.286. The zero-order chi connectivity index (χ0) is 16.2. The SMILES string of the molecule is O=COC(Cc1cc[nH]n1)(CC(F)(F)F)c1ccc(F)cc1. The van der Waals surface area contributed by atoms with Gasteiger partial charge in [0.25, 0.3) is 6.47 Å². The van der Waals surface area contributed by atoms with Crippen LogP contribution >= 0.6 is 0 Å². The topological polar surface area (TPSA) is 55.0 Å². The molecule has 2 rings (SSSR count). The van der Waals surface area contributed by atoms with Crippen molar-refractivity contribution in [2.75, 3.05) is 0 Å². The van der Waals surface area contributed by atoms with Gasteiger partial charge in [-0.1, -0.05) is 12.1 Å². The van der Waals surface area contributed by atoms with E-state index in [9.17, 15) is 22.4 Å². The highest BCUT2D eigenvalue weighted by Crippen LogP contribution is 2.39. The van der Waals surface area contributed by atoms with Crippen LogP contribution in [-0.2, 0) is 21.6 Å². The fourth-order valence-electron chi connectivity index (χ4n) is 2.27. The molecule has 8 heteroatoms. The first kappa shape index (κ1) is 16.0. The van der Waals surface area contributed by atoms with Crippen molar-refractivity contribution in [3.8, 4) is 0 Å². The Balaban J connectivity index is 2.47. The minimum atomic E-state index is -4.59. The molecule has 0 saturated heterocycles. The Morgan fingerprint density at radius 1 is 1.18 bits per heavy atom. The van der Waals surface area contributed by atoms with Crippen molar-refractivity contribution in [1.29, 1.82) is 0 Å². The Hall–Kier alpha value is -2.38. The number of hydrogen-bond donors (Lipinski definition) is 1. The van der Waals surface area contributed by atoms with E-state index in [1.807, 2.05) is 0 Å². The molecule has 0 aliphatic carbocycles. The molecule has 0 spiro atoms. The van der Waals surface area contributed by atoms with E-state index < -0.39 is 24.0 Å². The summed E-state index contributed by atoms with van der Waals surface area (Å²) in [6.45, 7) is -0.0399. The van der Waals surface area contributed by atoms with E-state index in [4.69, 9.17) is 4.74 Å². The number of hydrogen-bond acceptors (Lipinski definition) is 3. The first-order valence-electron chi connectivity index (χ1n) is 6.27. The second kappa shape index (κ2) is 6.17. The summed E-state index contributed by atoms with van der Waals surface area (Å²) < 4.78 is 56.8. The van der Waals surface area contributed by atoms with Gasteiger partial charge in [0.15, 0.2) is 5.60 Å². The predicted molar refractivity (Wildman–Crippen MR) is 68.2 cm³/mol. The Kier molecular flexibility index (Phi) is 4.48. The van der Waals surface area contributed by atoms with E-state index in [2.05, 4.69) is 10.2 Å². The normalized spacial score (nSPS) is 14.4. The zero-order valence-corrected chi connectivity index (χ0v) is 11.2. The van der Waals surface area contributed by atoms with Crippen LogP contribution in [0.3, 0.4) is 0 Å². The van der Waals surface area contributed by atoms with Crippen LogP contribution in [-0.4, -0.2) is 22.8 Å². The summed E-state index contributed by atoms with van der Waals surface area (Å²) in [5.41, 5.74) is -1.67. The Bertz CT molecular complexity index is 611. The van der Waals surface area contributed by atoms with Crippen LogP contribution in [0.2, 0.25) is 0 Å². The van der Waals surface area contributed by atoms with Crippen molar-refractivity contribution in [3.63, 3.8) is 0 Å². The lowest BCUT2D eigenvalue weighted by Gasteiger charge is -2.32. The molecule has 1 atom stereocenters. The standard InChI is InChI=1S/C14H12F4N2O2/c15-11-3-1-10(2-4-11)13(22-9-21,8-14(16,17)18)7-12-5-6-19-20-12/h1-6,9H,7-8H2,(H,19,20). The van der Waals surface area contributed by atoms with Crippen molar-refractivity contribution in [1.82, 2.24) is 10.2 Å². The maximum absolute atomic E-state index is 13.0. The molecule has 2 aromatic rings. The lowest BCUT2D eigenvalue weighted by Crippen LogP contribution is -2.37. The van der Waals surface area contributed by atoms with Gasteiger partial charge in [0.2, 0.25) is 0 Å². The monoisotopic (exact) mass is 316 g/mol. The highest BCUT2D eigenvalue weighted by atomic mass is 19.4. The third kappa shape index (κ3) is 3.84. The quantitative estimate of drug-likeness (QED) is 0.658. The van der Waals surface area contributed by atoms with Crippen LogP contribution in [0.5, 0.6) is 0 Å². The van der Waals surface area contributed by atoms with E-state index in [1.54, 1.807) is 0 Å². The number of aromatic nitrogens is 2. The molecule has 118 valence electrons. The molecule has 1 aromatic heterocycles. The van der Waals surface area contributed by atoms with Crippen molar-refractivity contribution >= 4 is 6.47 Å². The van der Waals surface area contributed by atoms with E-state index >= 15 is 0 Å². The first-order chi connectivity index (χ1) is 10.3. The molecule has 1 heterocycles. The number of rotatable bonds is 6. The number of halogens is 4. The van der Waals surface area contributed by atoms with Gasteiger partial charge in [0.05, 0.1) is 12.1 Å². The molecule has 0 aliphatic heterocycles. The number of nitrogens with zero attached hydrogens (tertiary/aromatic N) is 1. The van der Waals surface area contributed by atoms with Gasteiger partial charge < -0.3 is 4.74 Å². The number of carbonyl (C=O) groups excluding carboxylic acids is 1. The molecule has 0 radical (unpaired) electrons. The van der Waals surface area contributed by atoms with Crippen LogP contribution in [0.15, 0.2) is 36.5 Å².